The van der Waals surface area contributed by atoms with Crippen molar-refractivity contribution in [1.29, 1.82) is 0 Å². The van der Waals surface area contributed by atoms with Crippen LogP contribution in [0.5, 0.6) is 5.75 Å². The first kappa shape index (κ1) is 14.5. The van der Waals surface area contributed by atoms with E-state index in [-0.39, 0.29) is 6.61 Å². The van der Waals surface area contributed by atoms with Crippen LogP contribution < -0.4 is 10.1 Å². The van der Waals surface area contributed by atoms with Crippen molar-refractivity contribution in [3.63, 3.8) is 0 Å². The van der Waals surface area contributed by atoms with Crippen LogP contribution in [0, 0.1) is 0 Å². The first-order valence-electron chi connectivity index (χ1n) is 7.36. The van der Waals surface area contributed by atoms with Gasteiger partial charge in [-0.3, -0.25) is 0 Å². The summed E-state index contributed by atoms with van der Waals surface area (Å²) >= 11 is 1.84. The molecule has 1 aromatic heterocycles. The molecule has 21 heavy (non-hydrogen) atoms. The predicted octanol–water partition coefficient (Wildman–Crippen LogP) is 2.29. The molecule has 0 unspecified atom stereocenters. The van der Waals surface area contributed by atoms with Crippen molar-refractivity contribution in [3.8, 4) is 5.75 Å². The van der Waals surface area contributed by atoms with Gasteiger partial charge in [0, 0.05) is 23.5 Å². The number of hydrogen-bond donors (Lipinski definition) is 2. The van der Waals surface area contributed by atoms with Crippen LogP contribution in [0.4, 0.5) is 0 Å². The minimum atomic E-state index is 0.0342. The average molecular weight is 304 g/mol. The van der Waals surface area contributed by atoms with Crippen LogP contribution in [0.25, 0.3) is 0 Å². The summed E-state index contributed by atoms with van der Waals surface area (Å²) in [6, 6.07) is 7.93. The van der Waals surface area contributed by atoms with E-state index < -0.39 is 0 Å². The fourth-order valence-corrected chi connectivity index (χ4v) is 3.70. The lowest BCUT2D eigenvalue weighted by molar-refractivity contribution is 0.200. The lowest BCUT2D eigenvalue weighted by Crippen LogP contribution is -2.14. The molecular weight excluding hydrogens is 284 g/mol. The number of hydrogen-bond acceptors (Lipinski definition) is 5. The number of thiazole rings is 1. The summed E-state index contributed by atoms with van der Waals surface area (Å²) in [7, 11) is 0. The van der Waals surface area contributed by atoms with Gasteiger partial charge in [-0.1, -0.05) is 18.2 Å². The van der Waals surface area contributed by atoms with E-state index >= 15 is 0 Å². The number of fused-ring (bicyclic) bond motifs is 1. The highest BCUT2D eigenvalue weighted by atomic mass is 32.1. The van der Waals surface area contributed by atoms with Gasteiger partial charge in [-0.15, -0.1) is 11.3 Å². The van der Waals surface area contributed by atoms with Gasteiger partial charge in [-0.25, -0.2) is 4.98 Å². The molecule has 4 nitrogen and oxygen atoms in total. The summed E-state index contributed by atoms with van der Waals surface area (Å²) in [6.45, 7) is 1.90. The Labute approximate surface area is 128 Å². The standard InChI is InChI=1S/C16H20N2O2S/c19-8-9-20-14-6-2-1-4-12(14)10-17-11-16-18-13-5-3-7-15(13)21-16/h1-2,4,6,17,19H,3,5,7-11H2. The molecule has 0 amide bonds. The minimum absolute atomic E-state index is 0.0342. The number of benzene rings is 1. The Bertz CT molecular complexity index is 576. The first-order valence-corrected chi connectivity index (χ1v) is 8.18. The van der Waals surface area contributed by atoms with Crippen molar-refractivity contribution in [2.45, 2.75) is 32.4 Å². The molecule has 5 heteroatoms. The fourth-order valence-electron chi connectivity index (χ4n) is 2.57. The molecule has 0 atom stereocenters. The van der Waals surface area contributed by atoms with Crippen LogP contribution in [0.15, 0.2) is 24.3 Å². The number of aliphatic hydroxyl groups is 1. The van der Waals surface area contributed by atoms with Gasteiger partial charge in [-0.05, 0) is 25.3 Å². The molecule has 0 saturated carbocycles. The second-order valence-corrected chi connectivity index (χ2v) is 6.28. The molecule has 2 aromatic rings. The highest BCUT2D eigenvalue weighted by Crippen LogP contribution is 2.27. The predicted molar refractivity (Wildman–Crippen MR) is 83.7 cm³/mol. The van der Waals surface area contributed by atoms with Crippen molar-refractivity contribution in [2.24, 2.45) is 0 Å². The summed E-state index contributed by atoms with van der Waals surface area (Å²) in [5.74, 6) is 0.834. The molecule has 112 valence electrons. The Morgan fingerprint density at radius 2 is 2.14 bits per heavy atom. The van der Waals surface area contributed by atoms with Gasteiger partial charge in [0.15, 0.2) is 0 Å². The molecule has 0 bridgehead atoms. The van der Waals surface area contributed by atoms with Gasteiger partial charge in [0.05, 0.1) is 12.3 Å². The molecule has 0 spiro atoms. The summed E-state index contributed by atoms with van der Waals surface area (Å²) in [5.41, 5.74) is 2.42. The third kappa shape index (κ3) is 3.61. The topological polar surface area (TPSA) is 54.4 Å². The highest BCUT2D eigenvalue weighted by Gasteiger charge is 2.16. The second kappa shape index (κ2) is 7.02. The van der Waals surface area contributed by atoms with E-state index in [1.54, 1.807) is 0 Å². The van der Waals surface area contributed by atoms with Crippen molar-refractivity contribution in [3.05, 3.63) is 45.4 Å². The smallest absolute Gasteiger partial charge is 0.123 e. The van der Waals surface area contributed by atoms with Crippen molar-refractivity contribution in [2.75, 3.05) is 13.2 Å². The number of ether oxygens (including phenoxy) is 1. The Kier molecular flexibility index (Phi) is 4.85. The van der Waals surface area contributed by atoms with Crippen LogP contribution in [-0.2, 0) is 25.9 Å². The molecule has 0 radical (unpaired) electrons. The monoisotopic (exact) mass is 304 g/mol. The van der Waals surface area contributed by atoms with Crippen molar-refractivity contribution < 1.29 is 9.84 Å². The SMILES string of the molecule is OCCOc1ccccc1CNCc1nc2c(s1)CCC2. The Hall–Kier alpha value is -1.43. The van der Waals surface area contributed by atoms with E-state index in [9.17, 15) is 0 Å². The molecule has 1 aliphatic carbocycles. The molecule has 1 aliphatic rings. The van der Waals surface area contributed by atoms with Crippen LogP contribution >= 0.6 is 11.3 Å². The van der Waals surface area contributed by atoms with Gasteiger partial charge >= 0.3 is 0 Å². The minimum Gasteiger partial charge on any atom is -0.491 e. The molecular formula is C16H20N2O2S. The molecule has 1 heterocycles. The first-order chi connectivity index (χ1) is 10.4. The van der Waals surface area contributed by atoms with E-state index in [1.165, 1.54) is 28.4 Å². The van der Waals surface area contributed by atoms with E-state index in [1.807, 2.05) is 35.6 Å². The van der Waals surface area contributed by atoms with Crippen LogP contribution in [0.3, 0.4) is 0 Å². The maximum Gasteiger partial charge on any atom is 0.123 e. The zero-order valence-electron chi connectivity index (χ0n) is 12.0. The van der Waals surface area contributed by atoms with E-state index in [0.717, 1.165) is 30.8 Å². The lowest BCUT2D eigenvalue weighted by Gasteiger charge is -2.10. The van der Waals surface area contributed by atoms with E-state index in [2.05, 4.69) is 10.3 Å². The normalized spacial score (nSPS) is 13.4. The molecule has 0 aliphatic heterocycles. The van der Waals surface area contributed by atoms with Gasteiger partial charge in [-0.2, -0.15) is 0 Å². The van der Waals surface area contributed by atoms with Gasteiger partial charge in [0.25, 0.3) is 0 Å². The number of aromatic nitrogens is 1. The fraction of sp³-hybridized carbons (Fsp3) is 0.438. The number of aryl methyl sites for hydroxylation is 2. The van der Waals surface area contributed by atoms with Gasteiger partial charge < -0.3 is 15.2 Å². The maximum absolute atomic E-state index is 8.85. The summed E-state index contributed by atoms with van der Waals surface area (Å²) in [5, 5.41) is 13.5. The largest absolute Gasteiger partial charge is 0.491 e. The molecule has 1 aromatic carbocycles. The van der Waals surface area contributed by atoms with Crippen LogP contribution in [0.1, 0.15) is 27.6 Å². The Morgan fingerprint density at radius 3 is 3.00 bits per heavy atom. The quantitative estimate of drug-likeness (QED) is 0.824. The van der Waals surface area contributed by atoms with E-state index in [4.69, 9.17) is 9.84 Å². The summed E-state index contributed by atoms with van der Waals surface area (Å²) < 4.78 is 5.54. The molecule has 0 fully saturated rings. The van der Waals surface area contributed by atoms with Gasteiger partial charge in [0.2, 0.25) is 0 Å². The number of aliphatic hydroxyl groups excluding tert-OH is 1. The molecule has 0 saturated heterocycles. The second-order valence-electron chi connectivity index (χ2n) is 5.11. The van der Waals surface area contributed by atoms with Crippen LogP contribution in [-0.4, -0.2) is 23.3 Å². The highest BCUT2D eigenvalue weighted by molar-refractivity contribution is 7.11. The van der Waals surface area contributed by atoms with E-state index in [0.29, 0.717) is 6.61 Å². The zero-order valence-corrected chi connectivity index (χ0v) is 12.8. The third-order valence-corrected chi connectivity index (χ3v) is 4.71. The zero-order chi connectivity index (χ0) is 14.5. The number of nitrogens with zero attached hydrogens (tertiary/aromatic N) is 1. The number of nitrogens with one attached hydrogen (secondary N) is 1. The third-order valence-electron chi connectivity index (χ3n) is 3.55. The Morgan fingerprint density at radius 1 is 1.24 bits per heavy atom. The average Bonchev–Trinajstić information content (AvgIpc) is 3.07. The number of rotatable bonds is 7. The van der Waals surface area contributed by atoms with Crippen molar-refractivity contribution >= 4 is 11.3 Å². The van der Waals surface area contributed by atoms with Crippen molar-refractivity contribution in [1.82, 2.24) is 10.3 Å². The lowest BCUT2D eigenvalue weighted by atomic mass is 10.2. The van der Waals surface area contributed by atoms with Crippen LogP contribution in [0.2, 0.25) is 0 Å². The molecule has 2 N–H and O–H groups in total. The summed E-state index contributed by atoms with van der Waals surface area (Å²) in [6.07, 6.45) is 3.60. The Balaban J connectivity index is 1.55. The maximum atomic E-state index is 8.85. The van der Waals surface area contributed by atoms with Gasteiger partial charge in [0.1, 0.15) is 17.4 Å². The number of para-hydroxylation sites is 1. The molecule has 3 rings (SSSR count). The summed E-state index contributed by atoms with van der Waals surface area (Å²) in [4.78, 5) is 6.16.